The van der Waals surface area contributed by atoms with E-state index in [9.17, 15) is 4.79 Å². The Morgan fingerprint density at radius 2 is 2.14 bits per heavy atom. The molecule has 1 aliphatic carbocycles. The Balaban J connectivity index is 1.70. The van der Waals surface area contributed by atoms with Crippen molar-refractivity contribution in [3.63, 3.8) is 0 Å². The van der Waals surface area contributed by atoms with Gasteiger partial charge in [0.15, 0.2) is 0 Å². The number of aromatic nitrogens is 2. The van der Waals surface area contributed by atoms with Crippen LogP contribution in [-0.4, -0.2) is 28.7 Å². The van der Waals surface area contributed by atoms with Crippen molar-refractivity contribution in [2.45, 2.75) is 25.3 Å². The van der Waals surface area contributed by atoms with E-state index in [1.165, 1.54) is 0 Å². The van der Waals surface area contributed by atoms with Gasteiger partial charge in [-0.1, -0.05) is 36.8 Å². The lowest BCUT2D eigenvalue weighted by molar-refractivity contribution is 0.0923. The number of aromatic amines is 1. The number of carbonyl (C=O) groups excluding carboxylic acids is 1. The third-order valence-corrected chi connectivity index (χ3v) is 4.17. The van der Waals surface area contributed by atoms with E-state index >= 15 is 0 Å². The molecule has 2 unspecified atom stereocenters. The van der Waals surface area contributed by atoms with Gasteiger partial charge in [0, 0.05) is 11.6 Å². The first-order valence-electron chi connectivity index (χ1n) is 7.39. The number of nitrogens with zero attached hydrogens (tertiary/aromatic N) is 1. The maximum absolute atomic E-state index is 12.3. The molecule has 21 heavy (non-hydrogen) atoms. The van der Waals surface area contributed by atoms with E-state index in [4.69, 9.17) is 5.73 Å². The summed E-state index contributed by atoms with van der Waals surface area (Å²) in [6.45, 7) is 0.628. The average molecular weight is 284 g/mol. The molecule has 0 aliphatic heterocycles. The zero-order valence-electron chi connectivity index (χ0n) is 11.9. The number of nitrogens with two attached hydrogens (primary N) is 1. The predicted octanol–water partition coefficient (Wildman–Crippen LogP) is 1.93. The molecule has 1 saturated carbocycles. The average Bonchev–Trinajstić information content (AvgIpc) is 3.17. The van der Waals surface area contributed by atoms with Crippen molar-refractivity contribution in [3.8, 4) is 11.3 Å². The molecular weight excluding hydrogens is 264 g/mol. The van der Waals surface area contributed by atoms with Crippen LogP contribution in [0.1, 0.15) is 29.8 Å². The molecule has 4 N–H and O–H groups in total. The first kappa shape index (κ1) is 13.8. The summed E-state index contributed by atoms with van der Waals surface area (Å²) in [5.74, 6) is 0.292. The molecule has 0 spiro atoms. The van der Waals surface area contributed by atoms with Crippen LogP contribution < -0.4 is 11.1 Å². The number of hydrogen-bond donors (Lipinski definition) is 3. The molecule has 1 fully saturated rings. The SMILES string of the molecule is NCC1CCCC1NC(=O)c1cc(-c2ccccc2)n[nH]1. The fraction of sp³-hybridized carbons (Fsp3) is 0.375. The van der Waals surface area contributed by atoms with Crippen LogP contribution in [0.3, 0.4) is 0 Å². The summed E-state index contributed by atoms with van der Waals surface area (Å²) in [6.07, 6.45) is 3.23. The molecule has 110 valence electrons. The van der Waals surface area contributed by atoms with Gasteiger partial charge in [-0.25, -0.2) is 0 Å². The van der Waals surface area contributed by atoms with Gasteiger partial charge in [-0.2, -0.15) is 5.10 Å². The Kier molecular flexibility index (Phi) is 4.01. The van der Waals surface area contributed by atoms with Crippen molar-refractivity contribution in [1.82, 2.24) is 15.5 Å². The highest BCUT2D eigenvalue weighted by molar-refractivity contribution is 5.93. The van der Waals surface area contributed by atoms with E-state index in [-0.39, 0.29) is 11.9 Å². The van der Waals surface area contributed by atoms with Gasteiger partial charge in [0.05, 0.1) is 5.69 Å². The van der Waals surface area contributed by atoms with Crippen molar-refractivity contribution in [2.75, 3.05) is 6.54 Å². The molecule has 2 atom stereocenters. The van der Waals surface area contributed by atoms with Crippen molar-refractivity contribution < 1.29 is 4.79 Å². The number of rotatable bonds is 4. The highest BCUT2D eigenvalue weighted by Gasteiger charge is 2.28. The Hall–Kier alpha value is -2.14. The quantitative estimate of drug-likeness (QED) is 0.802. The zero-order chi connectivity index (χ0) is 14.7. The van der Waals surface area contributed by atoms with E-state index in [1.807, 2.05) is 30.3 Å². The minimum Gasteiger partial charge on any atom is -0.348 e. The Labute approximate surface area is 123 Å². The van der Waals surface area contributed by atoms with Gasteiger partial charge >= 0.3 is 0 Å². The predicted molar refractivity (Wildman–Crippen MR) is 81.7 cm³/mol. The number of benzene rings is 1. The standard InChI is InChI=1S/C16H20N4O/c17-10-12-7-4-8-13(12)18-16(21)15-9-14(19-20-15)11-5-2-1-3-6-11/h1-3,5-6,9,12-13H,4,7-8,10,17H2,(H,18,21)(H,19,20). The van der Waals surface area contributed by atoms with Crippen LogP contribution in [0.2, 0.25) is 0 Å². The van der Waals surface area contributed by atoms with Crippen LogP contribution in [-0.2, 0) is 0 Å². The van der Waals surface area contributed by atoms with E-state index in [2.05, 4.69) is 15.5 Å². The van der Waals surface area contributed by atoms with Gasteiger partial charge in [0.1, 0.15) is 5.69 Å². The Morgan fingerprint density at radius 1 is 1.33 bits per heavy atom. The van der Waals surface area contributed by atoms with Crippen molar-refractivity contribution in [2.24, 2.45) is 11.7 Å². The first-order chi connectivity index (χ1) is 10.3. The third kappa shape index (κ3) is 2.97. The largest absolute Gasteiger partial charge is 0.348 e. The van der Waals surface area contributed by atoms with Crippen molar-refractivity contribution in [3.05, 3.63) is 42.1 Å². The lowest BCUT2D eigenvalue weighted by atomic mass is 10.0. The molecule has 1 aromatic carbocycles. The number of H-pyrrole nitrogens is 1. The topological polar surface area (TPSA) is 83.8 Å². The van der Waals surface area contributed by atoms with Gasteiger partial charge in [-0.05, 0) is 31.4 Å². The highest BCUT2D eigenvalue weighted by Crippen LogP contribution is 2.25. The number of nitrogens with one attached hydrogen (secondary N) is 2. The number of hydrogen-bond acceptors (Lipinski definition) is 3. The second-order valence-corrected chi connectivity index (χ2v) is 5.54. The van der Waals surface area contributed by atoms with Crippen LogP contribution in [0.4, 0.5) is 0 Å². The van der Waals surface area contributed by atoms with E-state index < -0.39 is 0 Å². The van der Waals surface area contributed by atoms with E-state index in [0.717, 1.165) is 30.5 Å². The minimum absolute atomic E-state index is 0.102. The monoisotopic (exact) mass is 284 g/mol. The maximum Gasteiger partial charge on any atom is 0.269 e. The van der Waals surface area contributed by atoms with Gasteiger partial charge in [-0.3, -0.25) is 9.89 Å². The third-order valence-electron chi connectivity index (χ3n) is 4.17. The van der Waals surface area contributed by atoms with Gasteiger partial charge < -0.3 is 11.1 Å². The fourth-order valence-corrected chi connectivity index (χ4v) is 2.95. The zero-order valence-corrected chi connectivity index (χ0v) is 11.9. The molecule has 1 amide bonds. The van der Waals surface area contributed by atoms with Crippen LogP contribution in [0.5, 0.6) is 0 Å². The summed E-state index contributed by atoms with van der Waals surface area (Å²) < 4.78 is 0. The summed E-state index contributed by atoms with van der Waals surface area (Å²) in [5.41, 5.74) is 8.02. The molecule has 0 radical (unpaired) electrons. The van der Waals surface area contributed by atoms with Gasteiger partial charge in [0.2, 0.25) is 0 Å². The fourth-order valence-electron chi connectivity index (χ4n) is 2.95. The number of amides is 1. The lowest BCUT2D eigenvalue weighted by Gasteiger charge is -2.18. The maximum atomic E-state index is 12.3. The smallest absolute Gasteiger partial charge is 0.269 e. The summed E-state index contributed by atoms with van der Waals surface area (Å²) in [7, 11) is 0. The molecule has 5 nitrogen and oxygen atoms in total. The second kappa shape index (κ2) is 6.10. The summed E-state index contributed by atoms with van der Waals surface area (Å²) >= 11 is 0. The van der Waals surface area contributed by atoms with Crippen molar-refractivity contribution in [1.29, 1.82) is 0 Å². The molecule has 3 rings (SSSR count). The van der Waals surface area contributed by atoms with Gasteiger partial charge in [-0.15, -0.1) is 0 Å². The molecule has 0 bridgehead atoms. The van der Waals surface area contributed by atoms with Crippen LogP contribution in [0.25, 0.3) is 11.3 Å². The molecule has 5 heteroatoms. The van der Waals surface area contributed by atoms with E-state index in [0.29, 0.717) is 18.2 Å². The van der Waals surface area contributed by atoms with Crippen LogP contribution in [0, 0.1) is 5.92 Å². The summed E-state index contributed by atoms with van der Waals surface area (Å²) in [4.78, 5) is 12.3. The molecule has 1 heterocycles. The first-order valence-corrected chi connectivity index (χ1v) is 7.39. The normalized spacial score (nSPS) is 21.4. The molecule has 2 aromatic rings. The Morgan fingerprint density at radius 3 is 2.90 bits per heavy atom. The molecule has 0 saturated heterocycles. The Bertz CT molecular complexity index is 608. The van der Waals surface area contributed by atoms with E-state index in [1.54, 1.807) is 6.07 Å². The van der Waals surface area contributed by atoms with Gasteiger partial charge in [0.25, 0.3) is 5.91 Å². The minimum atomic E-state index is -0.102. The number of carbonyl (C=O) groups is 1. The van der Waals surface area contributed by atoms with Crippen LogP contribution >= 0.6 is 0 Å². The lowest BCUT2D eigenvalue weighted by Crippen LogP contribution is -2.40. The molecule has 1 aromatic heterocycles. The molecule has 1 aliphatic rings. The second-order valence-electron chi connectivity index (χ2n) is 5.54. The summed E-state index contributed by atoms with van der Waals surface area (Å²) in [5, 5.41) is 10.1. The van der Waals surface area contributed by atoms with Crippen LogP contribution in [0.15, 0.2) is 36.4 Å². The van der Waals surface area contributed by atoms with Crippen molar-refractivity contribution >= 4 is 5.91 Å². The molecular formula is C16H20N4O. The highest BCUT2D eigenvalue weighted by atomic mass is 16.2. The summed E-state index contributed by atoms with van der Waals surface area (Å²) in [6, 6.07) is 11.8.